The maximum absolute atomic E-state index is 12.2. The van der Waals surface area contributed by atoms with E-state index in [0.29, 0.717) is 17.9 Å². The van der Waals surface area contributed by atoms with Gasteiger partial charge in [0.2, 0.25) is 0 Å². The highest BCUT2D eigenvalue weighted by Gasteiger charge is 2.24. The summed E-state index contributed by atoms with van der Waals surface area (Å²) in [4.78, 5) is 23.5. The lowest BCUT2D eigenvalue weighted by Crippen LogP contribution is -2.31. The van der Waals surface area contributed by atoms with Crippen LogP contribution in [-0.2, 0) is 14.3 Å². The standard InChI is InChI=1S/C21H23NO6/c1-13(2)20(23)25-9-8-22-21(24)28-19-14(3)10-18(27-12-15-11-26-15)16-6-4-5-7-17(16)19/h4-7,10,15H,1,8-9,11-12H2,2-3H3,(H,22,24). The molecular formula is C21H23NO6. The largest absolute Gasteiger partial charge is 0.490 e. The van der Waals surface area contributed by atoms with Crippen molar-refractivity contribution in [3.63, 3.8) is 0 Å². The number of nitrogens with one attached hydrogen (secondary N) is 1. The molecule has 7 heteroatoms. The van der Waals surface area contributed by atoms with E-state index in [-0.39, 0.29) is 19.3 Å². The second kappa shape index (κ2) is 8.75. The van der Waals surface area contributed by atoms with Crippen LogP contribution < -0.4 is 14.8 Å². The number of carbonyl (C=O) groups is 2. The van der Waals surface area contributed by atoms with Crippen LogP contribution in [0.1, 0.15) is 12.5 Å². The van der Waals surface area contributed by atoms with Crippen molar-refractivity contribution < 1.29 is 28.5 Å². The fourth-order valence-corrected chi connectivity index (χ4v) is 2.60. The number of epoxide rings is 1. The normalized spacial score (nSPS) is 15.0. The number of hydrogen-bond acceptors (Lipinski definition) is 6. The zero-order valence-electron chi connectivity index (χ0n) is 15.9. The number of aryl methyl sites for hydroxylation is 1. The predicted molar refractivity (Wildman–Crippen MR) is 104 cm³/mol. The van der Waals surface area contributed by atoms with Gasteiger partial charge in [0.15, 0.2) is 0 Å². The molecule has 2 aromatic rings. The average Bonchev–Trinajstić information content (AvgIpc) is 3.50. The highest BCUT2D eigenvalue weighted by Crippen LogP contribution is 2.36. The Morgan fingerprint density at radius 3 is 2.68 bits per heavy atom. The van der Waals surface area contributed by atoms with Crippen molar-refractivity contribution in [3.05, 3.63) is 48.0 Å². The fourth-order valence-electron chi connectivity index (χ4n) is 2.60. The SMILES string of the molecule is C=C(C)C(=O)OCCNC(=O)Oc1c(C)cc(OCC2CO2)c2ccccc12. The van der Waals surface area contributed by atoms with Crippen molar-refractivity contribution in [3.8, 4) is 11.5 Å². The van der Waals surface area contributed by atoms with Crippen LogP contribution >= 0.6 is 0 Å². The second-order valence-electron chi connectivity index (χ2n) is 6.57. The summed E-state index contributed by atoms with van der Waals surface area (Å²) >= 11 is 0. The van der Waals surface area contributed by atoms with Crippen molar-refractivity contribution in [1.82, 2.24) is 5.32 Å². The molecule has 1 unspecified atom stereocenters. The molecule has 1 amide bonds. The third-order valence-corrected chi connectivity index (χ3v) is 4.12. The Hall–Kier alpha value is -3.06. The number of hydrogen-bond donors (Lipinski definition) is 1. The fraction of sp³-hybridized carbons (Fsp3) is 0.333. The molecular weight excluding hydrogens is 362 g/mol. The molecule has 0 radical (unpaired) electrons. The quantitative estimate of drug-likeness (QED) is 0.325. The van der Waals surface area contributed by atoms with Crippen LogP contribution in [0.4, 0.5) is 4.79 Å². The first-order chi connectivity index (χ1) is 13.5. The summed E-state index contributed by atoms with van der Waals surface area (Å²) in [6, 6.07) is 9.41. The number of fused-ring (bicyclic) bond motifs is 1. The van der Waals surface area contributed by atoms with Gasteiger partial charge in [-0.2, -0.15) is 0 Å². The molecule has 0 aliphatic carbocycles. The van der Waals surface area contributed by atoms with Crippen LogP contribution in [0.25, 0.3) is 10.8 Å². The van der Waals surface area contributed by atoms with Crippen LogP contribution in [0.5, 0.6) is 11.5 Å². The monoisotopic (exact) mass is 385 g/mol. The molecule has 3 rings (SSSR count). The number of esters is 1. The Labute approximate surface area is 163 Å². The van der Waals surface area contributed by atoms with E-state index in [2.05, 4.69) is 11.9 Å². The van der Waals surface area contributed by atoms with Crippen molar-refractivity contribution in [1.29, 1.82) is 0 Å². The summed E-state index contributed by atoms with van der Waals surface area (Å²) in [6.07, 6.45) is -0.473. The molecule has 0 bridgehead atoms. The van der Waals surface area contributed by atoms with E-state index in [9.17, 15) is 9.59 Å². The van der Waals surface area contributed by atoms with Crippen LogP contribution in [0, 0.1) is 6.92 Å². The maximum Gasteiger partial charge on any atom is 0.412 e. The van der Waals surface area contributed by atoms with Gasteiger partial charge >= 0.3 is 12.1 Å². The Bertz CT molecular complexity index is 903. The highest BCUT2D eigenvalue weighted by molar-refractivity contribution is 5.96. The van der Waals surface area contributed by atoms with Crippen LogP contribution in [0.3, 0.4) is 0 Å². The number of rotatable bonds is 8. The number of ether oxygens (including phenoxy) is 4. The molecule has 0 aromatic heterocycles. The minimum absolute atomic E-state index is 0.0382. The zero-order valence-corrected chi connectivity index (χ0v) is 15.9. The summed E-state index contributed by atoms with van der Waals surface area (Å²) in [6.45, 7) is 8.29. The van der Waals surface area contributed by atoms with Gasteiger partial charge < -0.3 is 24.3 Å². The minimum atomic E-state index is -0.625. The van der Waals surface area contributed by atoms with Crippen molar-refractivity contribution in [2.75, 3.05) is 26.4 Å². The predicted octanol–water partition coefficient (Wildman–Crippen LogP) is 3.13. The minimum Gasteiger partial charge on any atom is -0.490 e. The van der Waals surface area contributed by atoms with E-state index in [1.54, 1.807) is 6.92 Å². The summed E-state index contributed by atoms with van der Waals surface area (Å²) in [7, 11) is 0. The van der Waals surface area contributed by atoms with Crippen LogP contribution in [0.2, 0.25) is 0 Å². The van der Waals surface area contributed by atoms with E-state index in [1.807, 2.05) is 37.3 Å². The Morgan fingerprint density at radius 1 is 1.29 bits per heavy atom. The van der Waals surface area contributed by atoms with E-state index >= 15 is 0 Å². The Morgan fingerprint density at radius 2 is 2.00 bits per heavy atom. The first kappa shape index (κ1) is 19.7. The van der Waals surface area contributed by atoms with Gasteiger partial charge in [-0.15, -0.1) is 0 Å². The molecule has 1 heterocycles. The lowest BCUT2D eigenvalue weighted by atomic mass is 10.0. The van der Waals surface area contributed by atoms with Gasteiger partial charge in [-0.05, 0) is 25.5 Å². The summed E-state index contributed by atoms with van der Waals surface area (Å²) in [5.74, 6) is 0.689. The van der Waals surface area contributed by atoms with E-state index < -0.39 is 12.1 Å². The molecule has 1 aliphatic heterocycles. The van der Waals surface area contributed by atoms with Crippen LogP contribution in [0.15, 0.2) is 42.5 Å². The summed E-state index contributed by atoms with van der Waals surface area (Å²) in [5, 5.41) is 4.19. The average molecular weight is 385 g/mol. The van der Waals surface area contributed by atoms with Gasteiger partial charge in [-0.3, -0.25) is 0 Å². The molecule has 1 atom stereocenters. The van der Waals surface area contributed by atoms with Crippen molar-refractivity contribution in [2.45, 2.75) is 20.0 Å². The van der Waals surface area contributed by atoms with E-state index in [1.165, 1.54) is 0 Å². The topological polar surface area (TPSA) is 86.4 Å². The number of carbonyl (C=O) groups excluding carboxylic acids is 2. The molecule has 148 valence electrons. The number of amides is 1. The molecule has 1 fully saturated rings. The molecule has 1 N–H and O–H groups in total. The Balaban J connectivity index is 1.66. The first-order valence-corrected chi connectivity index (χ1v) is 9.00. The lowest BCUT2D eigenvalue weighted by molar-refractivity contribution is -0.138. The van der Waals surface area contributed by atoms with Gasteiger partial charge in [0.1, 0.15) is 30.8 Å². The summed E-state index contributed by atoms with van der Waals surface area (Å²) < 4.78 is 21.5. The third kappa shape index (κ3) is 5.01. The lowest BCUT2D eigenvalue weighted by Gasteiger charge is -2.15. The molecule has 7 nitrogen and oxygen atoms in total. The molecule has 0 saturated carbocycles. The maximum atomic E-state index is 12.2. The molecule has 2 aromatic carbocycles. The highest BCUT2D eigenvalue weighted by atomic mass is 16.6. The van der Waals surface area contributed by atoms with E-state index in [4.69, 9.17) is 18.9 Å². The van der Waals surface area contributed by atoms with Crippen molar-refractivity contribution >= 4 is 22.8 Å². The van der Waals surface area contributed by atoms with Gasteiger partial charge in [-0.1, -0.05) is 30.8 Å². The van der Waals surface area contributed by atoms with Gasteiger partial charge in [-0.25, -0.2) is 9.59 Å². The Kier molecular flexibility index (Phi) is 6.16. The van der Waals surface area contributed by atoms with Crippen molar-refractivity contribution in [2.24, 2.45) is 0 Å². The molecule has 1 saturated heterocycles. The summed E-state index contributed by atoms with van der Waals surface area (Å²) in [5.41, 5.74) is 1.08. The molecule has 28 heavy (non-hydrogen) atoms. The van der Waals surface area contributed by atoms with Crippen LogP contribution in [-0.4, -0.2) is 44.5 Å². The van der Waals surface area contributed by atoms with Gasteiger partial charge in [0.25, 0.3) is 0 Å². The first-order valence-electron chi connectivity index (χ1n) is 9.00. The second-order valence-corrected chi connectivity index (χ2v) is 6.57. The zero-order chi connectivity index (χ0) is 20.1. The number of benzene rings is 2. The smallest absolute Gasteiger partial charge is 0.412 e. The molecule has 0 spiro atoms. The molecule has 1 aliphatic rings. The van der Waals surface area contributed by atoms with E-state index in [0.717, 1.165) is 28.7 Å². The van der Waals surface area contributed by atoms with Gasteiger partial charge in [0, 0.05) is 16.3 Å². The van der Waals surface area contributed by atoms with Gasteiger partial charge in [0.05, 0.1) is 13.2 Å². The third-order valence-electron chi connectivity index (χ3n) is 4.12.